The predicted molar refractivity (Wildman–Crippen MR) is 106 cm³/mol. The first-order valence-corrected chi connectivity index (χ1v) is 9.03. The highest BCUT2D eigenvalue weighted by molar-refractivity contribution is 7.16. The highest BCUT2D eigenvalue weighted by atomic mass is 32.1. The van der Waals surface area contributed by atoms with Gasteiger partial charge in [-0.25, -0.2) is 4.98 Å². The molecule has 1 aliphatic carbocycles. The maximum absolute atomic E-state index is 10.9. The summed E-state index contributed by atoms with van der Waals surface area (Å²) in [6.07, 6.45) is 11.4. The lowest BCUT2D eigenvalue weighted by atomic mass is 10.0. The molecule has 3 rings (SSSR count). The normalized spacial score (nSPS) is 13.5. The lowest BCUT2D eigenvalue weighted by molar-refractivity contribution is -0.104. The second kappa shape index (κ2) is 9.25. The van der Waals surface area contributed by atoms with Gasteiger partial charge in [-0.1, -0.05) is 62.4 Å². The average molecular weight is 353 g/mol. The number of aliphatic hydroxyl groups excluding tert-OH is 1. The molecule has 1 aromatic heterocycles. The Morgan fingerprint density at radius 3 is 2.56 bits per heavy atom. The minimum atomic E-state index is 0.539. The maximum Gasteiger partial charge on any atom is 0.149 e. The minimum Gasteiger partial charge on any atom is -0.400 e. The molecule has 2 aromatic rings. The fourth-order valence-electron chi connectivity index (χ4n) is 2.48. The fraction of sp³-hybridized carbons (Fsp3) is 0.238. The quantitative estimate of drug-likeness (QED) is 0.786. The van der Waals surface area contributed by atoms with Crippen LogP contribution in [0.15, 0.2) is 60.3 Å². The van der Waals surface area contributed by atoms with Crippen molar-refractivity contribution in [3.8, 4) is 10.6 Å². The number of aromatic nitrogens is 1. The molecule has 0 bridgehead atoms. The number of rotatable bonds is 4. The van der Waals surface area contributed by atoms with Gasteiger partial charge in [0.25, 0.3) is 0 Å². The van der Waals surface area contributed by atoms with Crippen LogP contribution in [0.2, 0.25) is 0 Å². The first kappa shape index (κ1) is 19.0. The van der Waals surface area contributed by atoms with E-state index in [0.29, 0.717) is 5.92 Å². The van der Waals surface area contributed by atoms with E-state index in [2.05, 4.69) is 49.2 Å². The number of benzene rings is 1. The van der Waals surface area contributed by atoms with Crippen molar-refractivity contribution < 1.29 is 9.90 Å². The van der Waals surface area contributed by atoms with Gasteiger partial charge in [0.15, 0.2) is 0 Å². The van der Waals surface area contributed by atoms with Gasteiger partial charge in [0.1, 0.15) is 11.3 Å². The van der Waals surface area contributed by atoms with Crippen molar-refractivity contribution in [3.05, 3.63) is 70.8 Å². The van der Waals surface area contributed by atoms with Crippen molar-refractivity contribution in [2.45, 2.75) is 26.2 Å². The second-order valence-electron chi connectivity index (χ2n) is 5.88. The number of allylic oxidation sites excluding steroid dienone is 6. The molecule has 0 unspecified atom stereocenters. The van der Waals surface area contributed by atoms with Crippen LogP contribution >= 0.6 is 11.3 Å². The SMILES string of the molecule is CC(C)c1ccc(-c2ncc(C3=CC=CC(C=O)=CC3)s2)cc1.CO. The van der Waals surface area contributed by atoms with Crippen molar-refractivity contribution >= 4 is 23.2 Å². The summed E-state index contributed by atoms with van der Waals surface area (Å²) >= 11 is 1.69. The molecule has 0 amide bonds. The van der Waals surface area contributed by atoms with E-state index in [1.165, 1.54) is 11.1 Å². The number of hydrogen-bond donors (Lipinski definition) is 1. The van der Waals surface area contributed by atoms with E-state index < -0.39 is 0 Å². The third kappa shape index (κ3) is 4.84. The largest absolute Gasteiger partial charge is 0.400 e. The zero-order valence-electron chi connectivity index (χ0n) is 14.8. The molecule has 0 radical (unpaired) electrons. The monoisotopic (exact) mass is 353 g/mol. The zero-order valence-corrected chi connectivity index (χ0v) is 15.6. The van der Waals surface area contributed by atoms with E-state index in [1.807, 2.05) is 24.4 Å². The van der Waals surface area contributed by atoms with E-state index in [-0.39, 0.29) is 0 Å². The number of aldehydes is 1. The molecule has 0 saturated heterocycles. The molecule has 0 atom stereocenters. The summed E-state index contributed by atoms with van der Waals surface area (Å²) in [4.78, 5) is 16.6. The topological polar surface area (TPSA) is 50.2 Å². The van der Waals surface area contributed by atoms with Crippen molar-refractivity contribution in [2.75, 3.05) is 7.11 Å². The molecule has 1 aromatic carbocycles. The lowest BCUT2D eigenvalue weighted by Crippen LogP contribution is -1.86. The summed E-state index contributed by atoms with van der Waals surface area (Å²) in [6, 6.07) is 8.63. The Hall–Kier alpha value is -2.30. The Balaban J connectivity index is 0.00000109. The molecule has 0 fully saturated rings. The summed E-state index contributed by atoms with van der Waals surface area (Å²) in [5, 5.41) is 8.03. The van der Waals surface area contributed by atoms with Crippen LogP contribution in [-0.2, 0) is 4.79 Å². The van der Waals surface area contributed by atoms with Crippen LogP contribution in [-0.4, -0.2) is 23.5 Å². The number of thiazole rings is 1. The van der Waals surface area contributed by atoms with Gasteiger partial charge in [-0.3, -0.25) is 4.79 Å². The summed E-state index contributed by atoms with van der Waals surface area (Å²) in [6.45, 7) is 4.40. The Bertz CT molecular complexity index is 796. The van der Waals surface area contributed by atoms with Crippen LogP contribution in [0.4, 0.5) is 0 Å². The van der Waals surface area contributed by atoms with E-state index in [9.17, 15) is 4.79 Å². The average Bonchev–Trinajstić information content (AvgIpc) is 3.02. The highest BCUT2D eigenvalue weighted by Gasteiger charge is 2.10. The molecule has 0 spiro atoms. The van der Waals surface area contributed by atoms with Crippen LogP contribution in [0.25, 0.3) is 16.1 Å². The van der Waals surface area contributed by atoms with Gasteiger partial charge in [-0.2, -0.15) is 0 Å². The molecule has 1 aliphatic rings. The van der Waals surface area contributed by atoms with Crippen molar-refractivity contribution in [2.24, 2.45) is 0 Å². The first-order chi connectivity index (χ1) is 12.2. The second-order valence-corrected chi connectivity index (χ2v) is 6.91. The highest BCUT2D eigenvalue weighted by Crippen LogP contribution is 2.32. The van der Waals surface area contributed by atoms with Crippen LogP contribution in [0.1, 0.15) is 36.6 Å². The predicted octanol–water partition coefficient (Wildman–Crippen LogP) is 5.01. The summed E-state index contributed by atoms with van der Waals surface area (Å²) in [5.41, 5.74) is 4.42. The number of hydrogen-bond acceptors (Lipinski definition) is 4. The van der Waals surface area contributed by atoms with Gasteiger partial charge in [0.05, 0.1) is 4.88 Å². The molecule has 1 N–H and O–H groups in total. The van der Waals surface area contributed by atoms with Gasteiger partial charge in [0.2, 0.25) is 0 Å². The van der Waals surface area contributed by atoms with Crippen molar-refractivity contribution in [3.63, 3.8) is 0 Å². The number of carbonyl (C=O) groups is 1. The van der Waals surface area contributed by atoms with E-state index in [0.717, 1.165) is 40.8 Å². The lowest BCUT2D eigenvalue weighted by Gasteiger charge is -2.05. The van der Waals surface area contributed by atoms with Gasteiger partial charge in [-0.15, -0.1) is 11.3 Å². The summed E-state index contributed by atoms with van der Waals surface area (Å²) < 4.78 is 0. The fourth-order valence-corrected chi connectivity index (χ4v) is 3.43. The molecule has 0 saturated carbocycles. The number of aliphatic hydroxyl groups is 1. The van der Waals surface area contributed by atoms with Crippen LogP contribution < -0.4 is 0 Å². The Kier molecular flexibility index (Phi) is 7.04. The summed E-state index contributed by atoms with van der Waals surface area (Å²) in [5.74, 6) is 0.539. The molecular weight excluding hydrogens is 330 g/mol. The zero-order chi connectivity index (χ0) is 18.2. The van der Waals surface area contributed by atoms with Gasteiger partial charge >= 0.3 is 0 Å². The smallest absolute Gasteiger partial charge is 0.149 e. The first-order valence-electron chi connectivity index (χ1n) is 8.21. The van der Waals surface area contributed by atoms with Gasteiger partial charge in [-0.05, 0) is 23.5 Å². The van der Waals surface area contributed by atoms with Gasteiger partial charge in [0, 0.05) is 24.4 Å². The Labute approximate surface area is 153 Å². The molecule has 3 nitrogen and oxygen atoms in total. The van der Waals surface area contributed by atoms with Crippen LogP contribution in [0.3, 0.4) is 0 Å². The standard InChI is InChI=1S/C20H19NOS.CH4O/c1-14(2)16-8-10-18(11-9-16)20-21-12-19(23-20)17-5-3-4-15(13-22)6-7-17;1-2/h3-6,8-14H,7H2,1-2H3;2H,1H3. The number of carbonyl (C=O) groups excluding carboxylic acids is 1. The van der Waals surface area contributed by atoms with Crippen molar-refractivity contribution in [1.82, 2.24) is 4.98 Å². The van der Waals surface area contributed by atoms with E-state index in [1.54, 1.807) is 11.3 Å². The van der Waals surface area contributed by atoms with Crippen LogP contribution in [0.5, 0.6) is 0 Å². The van der Waals surface area contributed by atoms with E-state index in [4.69, 9.17) is 5.11 Å². The molecular formula is C21H23NO2S. The number of nitrogens with zero attached hydrogens (tertiary/aromatic N) is 1. The Morgan fingerprint density at radius 1 is 1.20 bits per heavy atom. The molecule has 130 valence electrons. The molecule has 0 aliphatic heterocycles. The minimum absolute atomic E-state index is 0.539. The van der Waals surface area contributed by atoms with Gasteiger partial charge < -0.3 is 5.11 Å². The van der Waals surface area contributed by atoms with Crippen molar-refractivity contribution in [1.29, 1.82) is 0 Å². The Morgan fingerprint density at radius 2 is 1.92 bits per heavy atom. The van der Waals surface area contributed by atoms with Crippen LogP contribution in [0, 0.1) is 0 Å². The molecule has 4 heteroatoms. The third-order valence-corrected chi connectivity index (χ3v) is 5.05. The maximum atomic E-state index is 10.9. The third-order valence-electron chi connectivity index (χ3n) is 3.93. The summed E-state index contributed by atoms with van der Waals surface area (Å²) in [7, 11) is 1.00. The molecule has 25 heavy (non-hydrogen) atoms. The van der Waals surface area contributed by atoms with E-state index >= 15 is 0 Å². The molecule has 1 heterocycles.